The minimum absolute atomic E-state index is 0.0459. The lowest BCUT2D eigenvalue weighted by atomic mass is 10.1. The van der Waals surface area contributed by atoms with Crippen molar-refractivity contribution in [2.45, 2.75) is 65.5 Å². The van der Waals surface area contributed by atoms with Crippen molar-refractivity contribution < 1.29 is 18.9 Å². The minimum atomic E-state index is -0.526. The van der Waals surface area contributed by atoms with Crippen LogP contribution in [0.3, 0.4) is 0 Å². The molecule has 0 bridgehead atoms. The van der Waals surface area contributed by atoms with Crippen LogP contribution in [-0.2, 0) is 4.74 Å². The fourth-order valence-corrected chi connectivity index (χ4v) is 2.83. The number of carbonyl (C=O) groups excluding carboxylic acids is 1. The number of aryl methyl sites for hydroxylation is 1. The Labute approximate surface area is 175 Å². The summed E-state index contributed by atoms with van der Waals surface area (Å²) in [7, 11) is 0. The predicted octanol–water partition coefficient (Wildman–Crippen LogP) is 4.45. The van der Waals surface area contributed by atoms with E-state index < -0.39 is 16.6 Å². The molecule has 1 heterocycles. The number of benzene rings is 1. The van der Waals surface area contributed by atoms with Gasteiger partial charge in [0.25, 0.3) is 5.69 Å². The zero-order chi connectivity index (χ0) is 22.3. The van der Waals surface area contributed by atoms with Gasteiger partial charge in [0.15, 0.2) is 0 Å². The van der Waals surface area contributed by atoms with Gasteiger partial charge in [0.1, 0.15) is 11.3 Å². The molecule has 2 rings (SSSR count). The maximum Gasteiger partial charge on any atom is 0.407 e. The quantitative estimate of drug-likeness (QED) is 0.346. The number of para-hydroxylation sites is 1. The number of nitro groups is 1. The molecular formula is C20H29N5O5. The van der Waals surface area contributed by atoms with Gasteiger partial charge in [-0.2, -0.15) is 0 Å². The van der Waals surface area contributed by atoms with E-state index in [4.69, 9.17) is 9.15 Å². The van der Waals surface area contributed by atoms with E-state index in [0.29, 0.717) is 23.7 Å². The summed E-state index contributed by atoms with van der Waals surface area (Å²) < 4.78 is 10.7. The Morgan fingerprint density at radius 1 is 1.30 bits per heavy atom. The number of alkyl carbamates (subject to hydrolysis) is 1. The van der Waals surface area contributed by atoms with Crippen LogP contribution in [0.4, 0.5) is 16.2 Å². The normalized spacial score (nSPS) is 12.3. The average molecular weight is 419 g/mol. The Kier molecular flexibility index (Phi) is 7.73. The van der Waals surface area contributed by atoms with Crippen LogP contribution in [0, 0.1) is 17.0 Å². The zero-order valence-corrected chi connectivity index (χ0v) is 18.0. The van der Waals surface area contributed by atoms with Gasteiger partial charge in [-0.3, -0.25) is 10.1 Å². The fraction of sp³-hybridized carbons (Fsp3) is 0.550. The largest absolute Gasteiger partial charge is 0.444 e. The molecule has 0 fully saturated rings. The van der Waals surface area contributed by atoms with Gasteiger partial charge in [-0.05, 0) is 53.0 Å². The number of nitro benzene ring substituents is 1. The van der Waals surface area contributed by atoms with Gasteiger partial charge in [0.2, 0.25) is 11.8 Å². The van der Waals surface area contributed by atoms with Crippen molar-refractivity contribution in [3.8, 4) is 11.5 Å². The van der Waals surface area contributed by atoms with Crippen LogP contribution in [0.2, 0.25) is 0 Å². The lowest BCUT2D eigenvalue weighted by molar-refractivity contribution is -0.383. The van der Waals surface area contributed by atoms with Gasteiger partial charge < -0.3 is 19.8 Å². The minimum Gasteiger partial charge on any atom is -0.444 e. The molecule has 1 aromatic carbocycles. The highest BCUT2D eigenvalue weighted by molar-refractivity contribution is 5.80. The van der Waals surface area contributed by atoms with E-state index in [2.05, 4.69) is 20.8 Å². The Hall–Kier alpha value is -3.17. The average Bonchev–Trinajstić information content (AvgIpc) is 3.06. The molecule has 2 aromatic rings. The topological polar surface area (TPSA) is 132 Å². The molecule has 10 nitrogen and oxygen atoms in total. The van der Waals surface area contributed by atoms with E-state index in [1.807, 2.05) is 27.7 Å². The van der Waals surface area contributed by atoms with Crippen molar-refractivity contribution in [1.82, 2.24) is 15.5 Å². The van der Waals surface area contributed by atoms with Crippen LogP contribution in [0.15, 0.2) is 22.6 Å². The number of ether oxygens (including phenoxy) is 1. The van der Waals surface area contributed by atoms with Crippen molar-refractivity contribution in [2.24, 2.45) is 0 Å². The van der Waals surface area contributed by atoms with Crippen LogP contribution < -0.4 is 10.6 Å². The predicted molar refractivity (Wildman–Crippen MR) is 112 cm³/mol. The summed E-state index contributed by atoms with van der Waals surface area (Å²) in [5.74, 6) is 0.612. The smallest absolute Gasteiger partial charge is 0.407 e. The second kappa shape index (κ2) is 10.0. The molecule has 2 N–H and O–H groups in total. The highest BCUT2D eigenvalue weighted by Crippen LogP contribution is 2.35. The second-order valence-corrected chi connectivity index (χ2v) is 8.05. The molecule has 30 heavy (non-hydrogen) atoms. The van der Waals surface area contributed by atoms with Crippen molar-refractivity contribution in [1.29, 1.82) is 0 Å². The number of unbranched alkanes of at least 4 members (excludes halogenated alkanes) is 1. The number of nitrogens with zero attached hydrogens (tertiary/aromatic N) is 3. The Morgan fingerprint density at radius 3 is 2.63 bits per heavy atom. The third kappa shape index (κ3) is 7.02. The molecular weight excluding hydrogens is 390 g/mol. The molecule has 0 saturated carbocycles. The van der Waals surface area contributed by atoms with E-state index in [0.717, 1.165) is 19.3 Å². The number of rotatable bonds is 9. The maximum atomic E-state index is 11.6. The molecule has 164 valence electrons. The Bertz CT molecular complexity index is 875. The van der Waals surface area contributed by atoms with Gasteiger partial charge in [0, 0.05) is 25.6 Å². The molecule has 10 heteroatoms. The van der Waals surface area contributed by atoms with Crippen molar-refractivity contribution in [2.75, 3.05) is 11.9 Å². The summed E-state index contributed by atoms with van der Waals surface area (Å²) in [6.45, 7) is 9.54. The number of hydrogen-bond acceptors (Lipinski definition) is 8. The number of nitrogens with one attached hydrogen (secondary N) is 2. The molecule has 1 amide bonds. The third-order valence-corrected chi connectivity index (χ3v) is 4.12. The molecule has 0 radical (unpaired) electrons. The van der Waals surface area contributed by atoms with Crippen LogP contribution in [0.25, 0.3) is 11.5 Å². The number of anilines is 1. The van der Waals surface area contributed by atoms with E-state index in [1.54, 1.807) is 19.1 Å². The van der Waals surface area contributed by atoms with Gasteiger partial charge in [0.05, 0.1) is 10.5 Å². The van der Waals surface area contributed by atoms with Gasteiger partial charge >= 0.3 is 6.09 Å². The molecule has 1 aromatic heterocycles. The standard InChI is InChI=1S/C20H29N5O5/c1-13(9-6-7-12-21-19(26)30-20(3,4)5)22-17-15(18-24-23-14(2)29-18)10-8-11-16(17)25(27)28/h8,10-11,13,22H,6-7,9,12H2,1-5H3,(H,21,26)/t13-/m1/s1. The summed E-state index contributed by atoms with van der Waals surface area (Å²) in [5.41, 5.74) is 0.261. The van der Waals surface area contributed by atoms with Crippen molar-refractivity contribution >= 4 is 17.5 Å². The van der Waals surface area contributed by atoms with Gasteiger partial charge in [-0.15, -0.1) is 10.2 Å². The first kappa shape index (κ1) is 23.1. The molecule has 0 unspecified atom stereocenters. The molecule has 0 saturated heterocycles. The first-order valence-electron chi connectivity index (χ1n) is 9.88. The number of carbonyl (C=O) groups is 1. The van der Waals surface area contributed by atoms with E-state index in [9.17, 15) is 14.9 Å². The first-order chi connectivity index (χ1) is 14.1. The van der Waals surface area contributed by atoms with Crippen LogP contribution >= 0.6 is 0 Å². The fourth-order valence-electron chi connectivity index (χ4n) is 2.83. The second-order valence-electron chi connectivity index (χ2n) is 8.05. The molecule has 1 atom stereocenters. The first-order valence-corrected chi connectivity index (χ1v) is 9.88. The molecule has 0 aliphatic rings. The van der Waals surface area contributed by atoms with Crippen LogP contribution in [0.5, 0.6) is 0 Å². The summed E-state index contributed by atoms with van der Waals surface area (Å²) in [4.78, 5) is 22.7. The summed E-state index contributed by atoms with van der Waals surface area (Å²) in [6, 6.07) is 4.69. The SMILES string of the molecule is Cc1nnc(-c2cccc([N+](=O)[O-])c2N[C@H](C)CCCCNC(=O)OC(C)(C)C)o1. The summed E-state index contributed by atoms with van der Waals surface area (Å²) >= 11 is 0. The van der Waals surface area contributed by atoms with Crippen molar-refractivity contribution in [3.05, 3.63) is 34.2 Å². The number of amides is 1. The Morgan fingerprint density at radius 2 is 2.03 bits per heavy atom. The van der Waals surface area contributed by atoms with Gasteiger partial charge in [-0.1, -0.05) is 6.07 Å². The summed E-state index contributed by atoms with van der Waals surface area (Å²) in [6.07, 6.45) is 1.90. The van der Waals surface area contributed by atoms with Crippen LogP contribution in [0.1, 0.15) is 52.8 Å². The van der Waals surface area contributed by atoms with E-state index >= 15 is 0 Å². The molecule has 0 aliphatic heterocycles. The lowest BCUT2D eigenvalue weighted by Gasteiger charge is -2.20. The highest BCUT2D eigenvalue weighted by Gasteiger charge is 2.23. The number of hydrogen-bond donors (Lipinski definition) is 2. The third-order valence-electron chi connectivity index (χ3n) is 4.12. The van der Waals surface area contributed by atoms with Crippen LogP contribution in [-0.4, -0.2) is 39.4 Å². The highest BCUT2D eigenvalue weighted by atomic mass is 16.6. The molecule has 0 spiro atoms. The summed E-state index contributed by atoms with van der Waals surface area (Å²) in [5, 5.41) is 25.2. The van der Waals surface area contributed by atoms with E-state index in [-0.39, 0.29) is 17.6 Å². The van der Waals surface area contributed by atoms with Crippen molar-refractivity contribution in [3.63, 3.8) is 0 Å². The maximum absolute atomic E-state index is 11.6. The Balaban J connectivity index is 1.94. The lowest BCUT2D eigenvalue weighted by Crippen LogP contribution is -2.33. The monoisotopic (exact) mass is 419 g/mol. The van der Waals surface area contributed by atoms with E-state index in [1.165, 1.54) is 6.07 Å². The zero-order valence-electron chi connectivity index (χ0n) is 18.0. The molecule has 0 aliphatic carbocycles. The number of aromatic nitrogens is 2. The van der Waals surface area contributed by atoms with Gasteiger partial charge in [-0.25, -0.2) is 4.79 Å².